The highest BCUT2D eigenvalue weighted by molar-refractivity contribution is 7.97. The van der Waals surface area contributed by atoms with Crippen molar-refractivity contribution in [1.29, 1.82) is 0 Å². The molecule has 1 rings (SSSR count). The van der Waals surface area contributed by atoms with Gasteiger partial charge in [-0.15, -0.1) is 12.6 Å². The molecule has 1 aromatic rings. The van der Waals surface area contributed by atoms with Crippen molar-refractivity contribution in [3.8, 4) is 0 Å². The maximum atomic E-state index is 10.5. The van der Waals surface area contributed by atoms with E-state index >= 15 is 0 Å². The third kappa shape index (κ3) is 6.89. The van der Waals surface area contributed by atoms with E-state index in [0.29, 0.717) is 5.56 Å². The van der Waals surface area contributed by atoms with Crippen molar-refractivity contribution in [1.82, 2.24) is 0 Å². The number of hydrogen-bond acceptors (Lipinski definition) is 2. The monoisotopic (exact) mass is 198 g/mol. The van der Waals surface area contributed by atoms with Gasteiger partial charge >= 0.3 is 6.03 Å². The lowest BCUT2D eigenvalue weighted by Gasteiger charge is -1.88. The van der Waals surface area contributed by atoms with Crippen molar-refractivity contribution >= 4 is 23.8 Å². The second-order valence-electron chi connectivity index (χ2n) is 2.07. The molecule has 0 aromatic heterocycles. The van der Waals surface area contributed by atoms with Crippen LogP contribution in [0, 0.1) is 0 Å². The average molecular weight is 198 g/mol. The van der Waals surface area contributed by atoms with E-state index in [0.717, 1.165) is 0 Å². The third-order valence-electron chi connectivity index (χ3n) is 1.02. The summed E-state index contributed by atoms with van der Waals surface area (Å²) in [4.78, 5) is 19.5. The molecule has 0 radical (unpaired) electrons. The van der Waals surface area contributed by atoms with Crippen LogP contribution in [0.15, 0.2) is 30.3 Å². The van der Waals surface area contributed by atoms with Gasteiger partial charge in [-0.3, -0.25) is 4.79 Å². The summed E-state index contributed by atoms with van der Waals surface area (Å²) >= 11 is 3.65. The summed E-state index contributed by atoms with van der Waals surface area (Å²) in [5, 5.41) is -0.185. The van der Waals surface area contributed by atoms with Crippen molar-refractivity contribution in [2.45, 2.75) is 0 Å². The molecule has 13 heavy (non-hydrogen) atoms. The Labute approximate surface area is 81.3 Å². The van der Waals surface area contributed by atoms with Crippen LogP contribution in [-0.4, -0.2) is 11.1 Å². The lowest BCUT2D eigenvalue weighted by molar-refractivity contribution is 0.109. The molecule has 70 valence electrons. The quantitative estimate of drug-likeness (QED) is 0.582. The Hall–Kier alpha value is -1.49. The molecule has 0 bridgehead atoms. The molecule has 0 fully saturated rings. The highest BCUT2D eigenvalue weighted by atomic mass is 32.1. The van der Waals surface area contributed by atoms with Crippen molar-refractivity contribution < 1.29 is 9.59 Å². The Morgan fingerprint density at radius 2 is 1.46 bits per heavy atom. The molecule has 5 heteroatoms. The number of primary amides is 2. The van der Waals surface area contributed by atoms with E-state index in [9.17, 15) is 4.79 Å². The van der Waals surface area contributed by atoms with Gasteiger partial charge in [0.2, 0.25) is 5.12 Å². The first-order chi connectivity index (χ1) is 6.04. The third-order valence-corrected chi connectivity index (χ3v) is 1.28. The summed E-state index contributed by atoms with van der Waals surface area (Å²) in [7, 11) is 0. The molecule has 4 N–H and O–H groups in total. The smallest absolute Gasteiger partial charge is 0.309 e. The highest BCUT2D eigenvalue weighted by Crippen LogP contribution is 2.00. The Morgan fingerprint density at radius 3 is 1.69 bits per heavy atom. The number of rotatable bonds is 1. The van der Waals surface area contributed by atoms with E-state index in [1.54, 1.807) is 12.1 Å². The fourth-order valence-corrected chi connectivity index (χ4v) is 0.730. The zero-order chi connectivity index (χ0) is 10.3. The number of amides is 2. The predicted octanol–water partition coefficient (Wildman–Crippen LogP) is 0.780. The van der Waals surface area contributed by atoms with Gasteiger partial charge in [-0.25, -0.2) is 4.79 Å². The SMILES string of the molecule is NC(N)=O.O=C(S)c1ccccc1. The topological polar surface area (TPSA) is 86.2 Å². The minimum absolute atomic E-state index is 0.185. The number of urea groups is 1. The molecule has 0 aliphatic rings. The number of carbonyl (C=O) groups excluding carboxylic acids is 2. The molecular formula is C8H10N2O2S. The normalized spacial score (nSPS) is 8.08. The summed E-state index contributed by atoms with van der Waals surface area (Å²) in [6.45, 7) is 0. The van der Waals surface area contributed by atoms with Gasteiger partial charge in [0.25, 0.3) is 0 Å². The molecule has 0 aliphatic carbocycles. The van der Waals surface area contributed by atoms with Crippen molar-refractivity contribution in [2.75, 3.05) is 0 Å². The Balaban J connectivity index is 0.000000310. The van der Waals surface area contributed by atoms with Crippen molar-refractivity contribution in [2.24, 2.45) is 11.5 Å². The fourth-order valence-electron chi connectivity index (χ4n) is 0.581. The molecule has 4 nitrogen and oxygen atoms in total. The fraction of sp³-hybridized carbons (Fsp3) is 0. The summed E-state index contributed by atoms with van der Waals surface area (Å²) < 4.78 is 0. The first-order valence-electron chi connectivity index (χ1n) is 3.37. The second kappa shape index (κ2) is 6.07. The maximum Gasteiger partial charge on any atom is 0.309 e. The minimum atomic E-state index is -0.833. The summed E-state index contributed by atoms with van der Waals surface area (Å²) in [5.41, 5.74) is 9.14. The number of nitrogens with two attached hydrogens (primary N) is 2. The van der Waals surface area contributed by atoms with Crippen LogP contribution in [0.25, 0.3) is 0 Å². The van der Waals surface area contributed by atoms with E-state index in [1.165, 1.54) is 0 Å². The van der Waals surface area contributed by atoms with E-state index in [1.807, 2.05) is 18.2 Å². The van der Waals surface area contributed by atoms with Crippen LogP contribution >= 0.6 is 12.6 Å². The largest absolute Gasteiger partial charge is 0.352 e. The highest BCUT2D eigenvalue weighted by Gasteiger charge is 1.94. The van der Waals surface area contributed by atoms with Crippen molar-refractivity contribution in [3.63, 3.8) is 0 Å². The molecule has 0 aliphatic heterocycles. The standard InChI is InChI=1S/C7H6OS.CH4N2O/c8-7(9)6-4-2-1-3-5-6;2-1(3)4/h1-5H,(H,8,9);(H4,2,3,4). The molecule has 1 aromatic carbocycles. The van der Waals surface area contributed by atoms with Gasteiger partial charge in [0.15, 0.2) is 0 Å². The molecule has 0 atom stereocenters. The zero-order valence-electron chi connectivity index (χ0n) is 6.81. The van der Waals surface area contributed by atoms with Crippen LogP contribution in [0.2, 0.25) is 0 Å². The summed E-state index contributed by atoms with van der Waals surface area (Å²) in [6, 6.07) is 8.11. The summed E-state index contributed by atoms with van der Waals surface area (Å²) in [5.74, 6) is 0. The average Bonchev–Trinajstić information content (AvgIpc) is 2.05. The van der Waals surface area contributed by atoms with Gasteiger partial charge < -0.3 is 11.5 Å². The lowest BCUT2D eigenvalue weighted by Crippen LogP contribution is -2.18. The van der Waals surface area contributed by atoms with E-state index < -0.39 is 6.03 Å². The van der Waals surface area contributed by atoms with Gasteiger partial charge in [0, 0.05) is 5.56 Å². The zero-order valence-corrected chi connectivity index (χ0v) is 7.70. The maximum absolute atomic E-state index is 10.5. The summed E-state index contributed by atoms with van der Waals surface area (Å²) in [6.07, 6.45) is 0. The molecular weight excluding hydrogens is 188 g/mol. The van der Waals surface area contributed by atoms with Gasteiger partial charge in [-0.1, -0.05) is 30.3 Å². The molecule has 0 saturated heterocycles. The number of hydrogen-bond donors (Lipinski definition) is 3. The minimum Gasteiger partial charge on any atom is -0.352 e. The van der Waals surface area contributed by atoms with Crippen LogP contribution < -0.4 is 11.5 Å². The van der Waals surface area contributed by atoms with E-state index in [4.69, 9.17) is 4.79 Å². The van der Waals surface area contributed by atoms with Crippen LogP contribution in [0.5, 0.6) is 0 Å². The Morgan fingerprint density at radius 1 is 1.08 bits per heavy atom. The van der Waals surface area contributed by atoms with Crippen LogP contribution in [0.3, 0.4) is 0 Å². The predicted molar refractivity (Wildman–Crippen MR) is 53.5 cm³/mol. The number of thiol groups is 1. The molecule has 0 spiro atoms. The first kappa shape index (κ1) is 11.5. The molecule has 0 unspecified atom stereocenters. The molecule has 2 amide bonds. The number of carbonyl (C=O) groups is 2. The Bertz CT molecular complexity index is 283. The van der Waals surface area contributed by atoms with Gasteiger partial charge in [-0.05, 0) is 0 Å². The van der Waals surface area contributed by atoms with E-state index in [-0.39, 0.29) is 5.12 Å². The first-order valence-corrected chi connectivity index (χ1v) is 3.82. The van der Waals surface area contributed by atoms with Gasteiger partial charge in [-0.2, -0.15) is 0 Å². The van der Waals surface area contributed by atoms with Gasteiger partial charge in [0.1, 0.15) is 0 Å². The van der Waals surface area contributed by atoms with E-state index in [2.05, 4.69) is 24.1 Å². The second-order valence-corrected chi connectivity index (χ2v) is 2.48. The van der Waals surface area contributed by atoms with Gasteiger partial charge in [0.05, 0.1) is 0 Å². The van der Waals surface area contributed by atoms with Crippen LogP contribution in [-0.2, 0) is 0 Å². The Kier molecular flexibility index (Phi) is 5.38. The molecule has 0 heterocycles. The molecule has 0 saturated carbocycles. The van der Waals surface area contributed by atoms with Crippen LogP contribution in [0.4, 0.5) is 4.79 Å². The number of benzene rings is 1. The van der Waals surface area contributed by atoms with Crippen LogP contribution in [0.1, 0.15) is 10.4 Å². The lowest BCUT2D eigenvalue weighted by atomic mass is 10.2. The van der Waals surface area contributed by atoms with Crippen molar-refractivity contribution in [3.05, 3.63) is 35.9 Å².